The largest absolute Gasteiger partial charge is 0.345 e. The summed E-state index contributed by atoms with van der Waals surface area (Å²) in [6.45, 7) is 0.512. The number of carbonyl (C=O) groups is 3. The molecule has 2 aromatic carbocycles. The van der Waals surface area contributed by atoms with Gasteiger partial charge in [-0.1, -0.05) is 41.9 Å². The van der Waals surface area contributed by atoms with Gasteiger partial charge >= 0.3 is 0 Å². The number of benzene rings is 2. The van der Waals surface area contributed by atoms with E-state index in [1.54, 1.807) is 26.2 Å². The molecule has 156 valence electrons. The number of halogens is 1. The molecule has 0 unspecified atom stereocenters. The van der Waals surface area contributed by atoms with Crippen molar-refractivity contribution in [2.24, 2.45) is 5.10 Å². The van der Waals surface area contributed by atoms with E-state index in [4.69, 9.17) is 11.6 Å². The number of anilines is 1. The van der Waals surface area contributed by atoms with Crippen LogP contribution in [0.5, 0.6) is 0 Å². The molecule has 0 aliphatic carbocycles. The lowest BCUT2D eigenvalue weighted by Gasteiger charge is -2.14. The molecule has 8 heteroatoms. The predicted molar refractivity (Wildman–Crippen MR) is 117 cm³/mol. The molecule has 3 amide bonds. The molecule has 3 rings (SSSR count). The summed E-state index contributed by atoms with van der Waals surface area (Å²) in [5, 5.41) is 8.83. The summed E-state index contributed by atoms with van der Waals surface area (Å²) in [7, 11) is 3.25. The Morgan fingerprint density at radius 2 is 1.83 bits per heavy atom. The molecule has 1 N–H and O–H groups in total. The zero-order valence-corrected chi connectivity index (χ0v) is 17.6. The fraction of sp³-hybridized carbons (Fsp3) is 0.273. The third kappa shape index (κ3) is 5.24. The topological polar surface area (TPSA) is 82.1 Å². The number of nitrogens with one attached hydrogen (secondary N) is 1. The third-order valence-corrected chi connectivity index (χ3v) is 4.98. The zero-order chi connectivity index (χ0) is 21.7. The molecule has 30 heavy (non-hydrogen) atoms. The number of hydrogen-bond donors (Lipinski definition) is 1. The molecule has 0 fully saturated rings. The van der Waals surface area contributed by atoms with Crippen LogP contribution < -0.4 is 5.32 Å². The van der Waals surface area contributed by atoms with Crippen molar-refractivity contribution in [3.63, 3.8) is 0 Å². The number of hydrazone groups is 1. The fourth-order valence-corrected chi connectivity index (χ4v) is 3.25. The first-order valence-electron chi connectivity index (χ1n) is 9.59. The highest BCUT2D eigenvalue weighted by Crippen LogP contribution is 2.22. The van der Waals surface area contributed by atoms with Gasteiger partial charge in [-0.3, -0.25) is 14.4 Å². The Kier molecular flexibility index (Phi) is 6.84. The smallest absolute Gasteiger partial charge is 0.254 e. The van der Waals surface area contributed by atoms with Gasteiger partial charge in [0.1, 0.15) is 0 Å². The number of hydrogen-bond acceptors (Lipinski definition) is 4. The van der Waals surface area contributed by atoms with Gasteiger partial charge in [-0.05, 0) is 23.8 Å². The molecule has 1 aliphatic heterocycles. The lowest BCUT2D eigenvalue weighted by molar-refractivity contribution is -0.132. The number of amides is 3. The molecule has 0 saturated heterocycles. The molecule has 0 spiro atoms. The number of carbonyl (C=O) groups excluding carboxylic acids is 3. The minimum Gasteiger partial charge on any atom is -0.345 e. The van der Waals surface area contributed by atoms with Crippen LogP contribution in [-0.2, 0) is 9.59 Å². The van der Waals surface area contributed by atoms with Gasteiger partial charge in [0.05, 0.1) is 22.8 Å². The second-order valence-electron chi connectivity index (χ2n) is 7.12. The predicted octanol–water partition coefficient (Wildman–Crippen LogP) is 3.40. The first kappa shape index (κ1) is 21.5. The second-order valence-corrected chi connectivity index (χ2v) is 7.53. The van der Waals surface area contributed by atoms with Crippen molar-refractivity contribution < 1.29 is 14.4 Å². The molecular weight excluding hydrogens is 404 g/mol. The van der Waals surface area contributed by atoms with Gasteiger partial charge in [0.2, 0.25) is 11.8 Å². The Bertz CT molecular complexity index is 989. The highest BCUT2D eigenvalue weighted by molar-refractivity contribution is 6.34. The van der Waals surface area contributed by atoms with E-state index in [0.29, 0.717) is 29.2 Å². The molecule has 1 aliphatic rings. The summed E-state index contributed by atoms with van der Waals surface area (Å²) in [5.41, 5.74) is 2.62. The summed E-state index contributed by atoms with van der Waals surface area (Å²) in [4.78, 5) is 38.3. The van der Waals surface area contributed by atoms with Crippen LogP contribution in [0.1, 0.15) is 35.2 Å². The van der Waals surface area contributed by atoms with E-state index in [1.807, 2.05) is 30.3 Å². The van der Waals surface area contributed by atoms with Crippen LogP contribution in [0.2, 0.25) is 5.02 Å². The highest BCUT2D eigenvalue weighted by atomic mass is 35.5. The lowest BCUT2D eigenvalue weighted by atomic mass is 10.1. The summed E-state index contributed by atoms with van der Waals surface area (Å²) in [5.74, 6) is -0.775. The fourth-order valence-electron chi connectivity index (χ4n) is 3.05. The van der Waals surface area contributed by atoms with Crippen LogP contribution in [0.3, 0.4) is 0 Å². The molecule has 1 heterocycles. The Labute approximate surface area is 180 Å². The number of nitrogens with zero attached hydrogens (tertiary/aromatic N) is 3. The van der Waals surface area contributed by atoms with Crippen LogP contribution in [0.25, 0.3) is 0 Å². The van der Waals surface area contributed by atoms with Crippen molar-refractivity contribution in [2.75, 3.05) is 26.0 Å². The quantitative estimate of drug-likeness (QED) is 0.768. The molecule has 0 atom stereocenters. The van der Waals surface area contributed by atoms with Crippen molar-refractivity contribution in [1.29, 1.82) is 0 Å². The van der Waals surface area contributed by atoms with Gasteiger partial charge in [0, 0.05) is 39.0 Å². The maximum absolute atomic E-state index is 12.4. The Morgan fingerprint density at radius 3 is 2.53 bits per heavy atom. The van der Waals surface area contributed by atoms with E-state index >= 15 is 0 Å². The third-order valence-electron chi connectivity index (χ3n) is 4.65. The molecule has 0 saturated carbocycles. The van der Waals surface area contributed by atoms with E-state index in [0.717, 1.165) is 11.3 Å². The lowest BCUT2D eigenvalue weighted by Crippen LogP contribution is -2.25. The Hall–Kier alpha value is -3.19. The van der Waals surface area contributed by atoms with Gasteiger partial charge in [-0.25, -0.2) is 5.01 Å². The second kappa shape index (κ2) is 9.54. The van der Waals surface area contributed by atoms with E-state index in [9.17, 15) is 14.4 Å². The van der Waals surface area contributed by atoms with Gasteiger partial charge in [-0.15, -0.1) is 0 Å². The van der Waals surface area contributed by atoms with Crippen molar-refractivity contribution in [3.8, 4) is 0 Å². The van der Waals surface area contributed by atoms with E-state index in [2.05, 4.69) is 10.4 Å². The minimum absolute atomic E-state index is 0.0190. The van der Waals surface area contributed by atoms with Gasteiger partial charge < -0.3 is 10.2 Å². The average Bonchev–Trinajstić information content (AvgIpc) is 3.24. The van der Waals surface area contributed by atoms with Crippen LogP contribution in [0, 0.1) is 0 Å². The first-order chi connectivity index (χ1) is 14.3. The number of rotatable bonds is 6. The zero-order valence-electron chi connectivity index (χ0n) is 16.9. The summed E-state index contributed by atoms with van der Waals surface area (Å²) in [6.07, 6.45) is 0.759. The van der Waals surface area contributed by atoms with Crippen molar-refractivity contribution >= 4 is 40.7 Å². The summed E-state index contributed by atoms with van der Waals surface area (Å²) < 4.78 is 0. The normalized spacial score (nSPS) is 13.0. The standard InChI is InChI=1S/C22H23ClN4O3/c1-26(2)22(30)17-14-16(8-9-18(17)23)24-20(28)10-11-21(29)27-13-12-19(25-27)15-6-4-3-5-7-15/h3-9,14H,10-13H2,1-2H3,(H,24,28). The SMILES string of the molecule is CN(C)C(=O)c1cc(NC(=O)CCC(=O)N2CCC(c3ccccc3)=N2)ccc1Cl. The summed E-state index contributed by atoms with van der Waals surface area (Å²) >= 11 is 6.08. The van der Waals surface area contributed by atoms with Crippen molar-refractivity contribution in [1.82, 2.24) is 9.91 Å². The first-order valence-corrected chi connectivity index (χ1v) is 9.97. The maximum atomic E-state index is 12.4. The average molecular weight is 427 g/mol. The van der Waals surface area contributed by atoms with E-state index in [-0.39, 0.29) is 30.6 Å². The highest BCUT2D eigenvalue weighted by Gasteiger charge is 2.22. The van der Waals surface area contributed by atoms with Crippen LogP contribution >= 0.6 is 11.6 Å². The van der Waals surface area contributed by atoms with Crippen molar-refractivity contribution in [3.05, 3.63) is 64.7 Å². The van der Waals surface area contributed by atoms with Gasteiger partial charge in [0.25, 0.3) is 5.91 Å². The minimum atomic E-state index is -0.319. The monoisotopic (exact) mass is 426 g/mol. The molecular formula is C22H23ClN4O3. The molecule has 0 radical (unpaired) electrons. The van der Waals surface area contributed by atoms with E-state index in [1.165, 1.54) is 16.0 Å². The van der Waals surface area contributed by atoms with Crippen molar-refractivity contribution in [2.45, 2.75) is 19.3 Å². The molecule has 7 nitrogen and oxygen atoms in total. The Morgan fingerprint density at radius 1 is 1.10 bits per heavy atom. The molecule has 2 aromatic rings. The van der Waals surface area contributed by atoms with Crippen LogP contribution in [0.15, 0.2) is 53.6 Å². The van der Waals surface area contributed by atoms with Gasteiger partial charge in [-0.2, -0.15) is 5.10 Å². The Balaban J connectivity index is 1.55. The van der Waals surface area contributed by atoms with Crippen LogP contribution in [-0.4, -0.2) is 54.0 Å². The molecule has 0 bridgehead atoms. The van der Waals surface area contributed by atoms with Crippen LogP contribution in [0.4, 0.5) is 5.69 Å². The van der Waals surface area contributed by atoms with E-state index < -0.39 is 0 Å². The maximum Gasteiger partial charge on any atom is 0.254 e. The van der Waals surface area contributed by atoms with Gasteiger partial charge in [0.15, 0.2) is 0 Å². The summed E-state index contributed by atoms with van der Waals surface area (Å²) in [6, 6.07) is 14.4. The molecule has 0 aromatic heterocycles.